The first-order chi connectivity index (χ1) is 9.04. The molecule has 0 bridgehead atoms. The molecule has 2 rings (SSSR count). The Labute approximate surface area is 116 Å². The number of rotatable bonds is 5. The minimum Gasteiger partial charge on any atom is -0.391 e. The van der Waals surface area contributed by atoms with Gasteiger partial charge >= 0.3 is 0 Å². The predicted molar refractivity (Wildman–Crippen MR) is 75.4 cm³/mol. The molecule has 6 heteroatoms. The summed E-state index contributed by atoms with van der Waals surface area (Å²) in [6.07, 6.45) is 0. The molecule has 4 nitrogen and oxygen atoms in total. The monoisotopic (exact) mass is 297 g/mol. The summed E-state index contributed by atoms with van der Waals surface area (Å²) in [5.74, 6) is 0. The van der Waals surface area contributed by atoms with E-state index in [1.165, 1.54) is 17.4 Å². The second-order valence-electron chi connectivity index (χ2n) is 4.12. The van der Waals surface area contributed by atoms with Gasteiger partial charge in [0, 0.05) is 10.9 Å². The van der Waals surface area contributed by atoms with Gasteiger partial charge in [0.25, 0.3) is 0 Å². The van der Waals surface area contributed by atoms with Gasteiger partial charge < -0.3 is 5.11 Å². The van der Waals surface area contributed by atoms with E-state index >= 15 is 0 Å². The maximum atomic E-state index is 12.2. The molecule has 0 aliphatic rings. The lowest BCUT2D eigenvalue weighted by Gasteiger charge is -2.14. The van der Waals surface area contributed by atoms with Crippen molar-refractivity contribution in [1.29, 1.82) is 0 Å². The molecule has 1 atom stereocenters. The molecule has 0 aliphatic heterocycles. The van der Waals surface area contributed by atoms with Crippen LogP contribution in [0.15, 0.2) is 46.7 Å². The highest BCUT2D eigenvalue weighted by atomic mass is 32.2. The van der Waals surface area contributed by atoms with E-state index in [9.17, 15) is 8.42 Å². The Kier molecular flexibility index (Phi) is 4.36. The number of aliphatic hydroxyl groups is 1. The van der Waals surface area contributed by atoms with Crippen LogP contribution in [0.25, 0.3) is 0 Å². The van der Waals surface area contributed by atoms with Crippen molar-refractivity contribution in [2.24, 2.45) is 0 Å². The number of thiophene rings is 1. The molecule has 0 radical (unpaired) electrons. The maximum absolute atomic E-state index is 12.2. The van der Waals surface area contributed by atoms with Crippen LogP contribution in [-0.4, -0.2) is 13.5 Å². The Morgan fingerprint density at radius 2 is 1.95 bits per heavy atom. The fraction of sp³-hybridized carbons (Fsp3) is 0.231. The molecule has 0 amide bonds. The Hall–Kier alpha value is -1.21. The zero-order chi connectivity index (χ0) is 13.9. The topological polar surface area (TPSA) is 66.4 Å². The summed E-state index contributed by atoms with van der Waals surface area (Å²) in [4.78, 5) is 0.607. The zero-order valence-corrected chi connectivity index (χ0v) is 12.0. The van der Waals surface area contributed by atoms with Crippen molar-refractivity contribution in [1.82, 2.24) is 4.72 Å². The Morgan fingerprint density at radius 3 is 2.58 bits per heavy atom. The van der Waals surface area contributed by atoms with Crippen molar-refractivity contribution in [2.45, 2.75) is 24.5 Å². The number of nitrogens with one attached hydrogen (secondary N) is 1. The lowest BCUT2D eigenvalue weighted by Crippen LogP contribution is -2.27. The van der Waals surface area contributed by atoms with Gasteiger partial charge in [-0.1, -0.05) is 30.3 Å². The van der Waals surface area contributed by atoms with E-state index in [1.54, 1.807) is 12.3 Å². The van der Waals surface area contributed by atoms with E-state index in [4.69, 9.17) is 5.11 Å². The Balaban J connectivity index is 2.23. The molecule has 0 saturated heterocycles. The van der Waals surface area contributed by atoms with Crippen LogP contribution >= 0.6 is 11.3 Å². The Bertz CT molecular complexity index is 635. The molecule has 1 aromatic carbocycles. The third kappa shape index (κ3) is 3.22. The minimum absolute atomic E-state index is 0.155. The van der Waals surface area contributed by atoms with Crippen LogP contribution in [0.3, 0.4) is 0 Å². The van der Waals surface area contributed by atoms with Crippen LogP contribution in [0.4, 0.5) is 0 Å². The van der Waals surface area contributed by atoms with Crippen molar-refractivity contribution >= 4 is 21.4 Å². The lowest BCUT2D eigenvalue weighted by atomic mass is 10.1. The zero-order valence-electron chi connectivity index (χ0n) is 10.4. The van der Waals surface area contributed by atoms with Crippen molar-refractivity contribution < 1.29 is 13.5 Å². The molecule has 0 spiro atoms. The molecule has 2 aromatic rings. The molecule has 0 fully saturated rings. The molecule has 1 unspecified atom stereocenters. The molecule has 2 N–H and O–H groups in total. The Morgan fingerprint density at radius 1 is 1.26 bits per heavy atom. The number of hydrogen-bond acceptors (Lipinski definition) is 4. The van der Waals surface area contributed by atoms with Crippen LogP contribution in [-0.2, 0) is 16.6 Å². The summed E-state index contributed by atoms with van der Waals surface area (Å²) in [6.45, 7) is 1.52. The third-order valence-electron chi connectivity index (χ3n) is 2.77. The first kappa shape index (κ1) is 14.2. The van der Waals surface area contributed by atoms with Gasteiger partial charge in [0.05, 0.1) is 11.5 Å². The van der Waals surface area contributed by atoms with E-state index in [0.717, 1.165) is 5.56 Å². The van der Waals surface area contributed by atoms with Crippen molar-refractivity contribution in [3.63, 3.8) is 0 Å². The van der Waals surface area contributed by atoms with Crippen molar-refractivity contribution in [2.75, 3.05) is 0 Å². The number of aliphatic hydroxyl groups excluding tert-OH is 1. The van der Waals surface area contributed by atoms with Gasteiger partial charge in [-0.05, 0) is 23.9 Å². The van der Waals surface area contributed by atoms with E-state index in [0.29, 0.717) is 4.88 Å². The first-order valence-electron chi connectivity index (χ1n) is 5.79. The van der Waals surface area contributed by atoms with Crippen molar-refractivity contribution in [3.05, 3.63) is 52.2 Å². The average molecular weight is 297 g/mol. The molecular weight excluding hydrogens is 282 g/mol. The van der Waals surface area contributed by atoms with Gasteiger partial charge in [0.1, 0.15) is 0 Å². The lowest BCUT2D eigenvalue weighted by molar-refractivity contribution is 0.282. The first-order valence-corrected chi connectivity index (χ1v) is 8.15. The molecule has 0 aliphatic carbocycles. The summed E-state index contributed by atoms with van der Waals surface area (Å²) in [7, 11) is -3.61. The highest BCUT2D eigenvalue weighted by Crippen LogP contribution is 2.23. The van der Waals surface area contributed by atoms with Gasteiger partial charge in [-0.25, -0.2) is 13.1 Å². The van der Waals surface area contributed by atoms with Gasteiger partial charge in [0.15, 0.2) is 0 Å². The quantitative estimate of drug-likeness (QED) is 0.890. The van der Waals surface area contributed by atoms with Crippen LogP contribution in [0.5, 0.6) is 0 Å². The van der Waals surface area contributed by atoms with Crippen LogP contribution in [0, 0.1) is 0 Å². The predicted octanol–water partition coefficient (Wildman–Crippen LogP) is 2.28. The summed E-state index contributed by atoms with van der Waals surface area (Å²) < 4.78 is 27.1. The molecular formula is C13H15NO3S2. The van der Waals surface area contributed by atoms with Gasteiger partial charge in [-0.3, -0.25) is 0 Å². The smallest absolute Gasteiger partial charge is 0.242 e. The molecule has 1 aromatic heterocycles. The number of hydrogen-bond donors (Lipinski definition) is 2. The highest BCUT2D eigenvalue weighted by molar-refractivity contribution is 7.89. The average Bonchev–Trinajstić information content (AvgIpc) is 2.88. The molecule has 0 saturated carbocycles. The van der Waals surface area contributed by atoms with Gasteiger partial charge in [0.2, 0.25) is 10.0 Å². The minimum atomic E-state index is -3.61. The largest absolute Gasteiger partial charge is 0.391 e. The van der Waals surface area contributed by atoms with Gasteiger partial charge in [-0.2, -0.15) is 0 Å². The molecule has 1 heterocycles. The van der Waals surface area contributed by atoms with Crippen LogP contribution < -0.4 is 4.72 Å². The van der Waals surface area contributed by atoms with E-state index < -0.39 is 10.0 Å². The summed E-state index contributed by atoms with van der Waals surface area (Å²) in [5.41, 5.74) is 0.895. The van der Waals surface area contributed by atoms with E-state index in [1.807, 2.05) is 30.3 Å². The SMILES string of the molecule is CC(NS(=O)(=O)c1ccsc1CO)c1ccccc1. The fourth-order valence-electron chi connectivity index (χ4n) is 1.79. The van der Waals surface area contributed by atoms with E-state index in [-0.39, 0.29) is 17.5 Å². The molecule has 102 valence electrons. The normalized spacial score (nSPS) is 13.4. The fourth-order valence-corrected chi connectivity index (χ4v) is 4.32. The standard InChI is InChI=1S/C13H15NO3S2/c1-10(11-5-3-2-4-6-11)14-19(16,17)13-7-8-18-12(13)9-15/h2-8,10,14-15H,9H2,1H3. The van der Waals surface area contributed by atoms with E-state index in [2.05, 4.69) is 4.72 Å². The van der Waals surface area contributed by atoms with Crippen molar-refractivity contribution in [3.8, 4) is 0 Å². The van der Waals surface area contributed by atoms with Crippen LogP contribution in [0.2, 0.25) is 0 Å². The molecule has 19 heavy (non-hydrogen) atoms. The maximum Gasteiger partial charge on any atom is 0.242 e. The number of benzene rings is 1. The number of sulfonamides is 1. The summed E-state index contributed by atoms with van der Waals surface area (Å²) in [6, 6.07) is 10.5. The summed E-state index contributed by atoms with van der Waals surface area (Å²) in [5, 5.41) is 10.8. The van der Waals surface area contributed by atoms with Crippen LogP contribution in [0.1, 0.15) is 23.4 Å². The third-order valence-corrected chi connectivity index (χ3v) is 5.43. The highest BCUT2D eigenvalue weighted by Gasteiger charge is 2.22. The summed E-state index contributed by atoms with van der Waals surface area (Å²) >= 11 is 1.23. The second kappa shape index (κ2) is 5.83. The van der Waals surface area contributed by atoms with Gasteiger partial charge in [-0.15, -0.1) is 11.3 Å². The second-order valence-corrected chi connectivity index (χ2v) is 6.80.